The third-order valence-corrected chi connectivity index (χ3v) is 4.51. The number of rotatable bonds is 7. The van der Waals surface area contributed by atoms with Crippen LogP contribution in [0.15, 0.2) is 78.9 Å². The Morgan fingerprint density at radius 3 is 2.26 bits per heavy atom. The molecule has 2 N–H and O–H groups in total. The molecular weight excluding hydrogens is 399 g/mol. The minimum Gasteiger partial charge on any atom is -0.452 e. The fourth-order valence-electron chi connectivity index (χ4n) is 2.88. The number of halogens is 1. The summed E-state index contributed by atoms with van der Waals surface area (Å²) < 4.78 is 17.9. The van der Waals surface area contributed by atoms with Crippen LogP contribution in [-0.4, -0.2) is 24.4 Å². The molecule has 2 amide bonds. The predicted molar refractivity (Wildman–Crippen MR) is 114 cm³/mol. The van der Waals surface area contributed by atoms with Gasteiger partial charge >= 0.3 is 5.97 Å². The molecular formula is C24H21FN2O4. The van der Waals surface area contributed by atoms with Crippen molar-refractivity contribution in [1.82, 2.24) is 5.32 Å². The summed E-state index contributed by atoms with van der Waals surface area (Å²) in [7, 11) is 0. The lowest BCUT2D eigenvalue weighted by molar-refractivity contribution is -0.119. The maximum Gasteiger partial charge on any atom is 0.338 e. The number of esters is 1. The van der Waals surface area contributed by atoms with Crippen LogP contribution in [0.4, 0.5) is 10.1 Å². The van der Waals surface area contributed by atoms with Gasteiger partial charge in [-0.1, -0.05) is 42.5 Å². The van der Waals surface area contributed by atoms with E-state index < -0.39 is 24.3 Å². The van der Waals surface area contributed by atoms with Gasteiger partial charge in [0.2, 0.25) is 0 Å². The summed E-state index contributed by atoms with van der Waals surface area (Å²) in [6, 6.07) is 20.6. The van der Waals surface area contributed by atoms with E-state index in [1.54, 1.807) is 24.3 Å². The quantitative estimate of drug-likeness (QED) is 0.564. The first-order chi connectivity index (χ1) is 14.9. The summed E-state index contributed by atoms with van der Waals surface area (Å²) in [6.45, 7) is 1.32. The fraction of sp³-hybridized carbons (Fsp3) is 0.125. The summed E-state index contributed by atoms with van der Waals surface area (Å²) in [5.74, 6) is -2.19. The molecule has 3 rings (SSSR count). The van der Waals surface area contributed by atoms with Crippen molar-refractivity contribution >= 4 is 23.5 Å². The second kappa shape index (κ2) is 10.2. The van der Waals surface area contributed by atoms with E-state index in [1.807, 2.05) is 37.3 Å². The normalized spacial score (nSPS) is 11.3. The van der Waals surface area contributed by atoms with Crippen molar-refractivity contribution in [2.75, 3.05) is 11.9 Å². The molecule has 0 heterocycles. The fourth-order valence-corrected chi connectivity index (χ4v) is 2.88. The minimum absolute atomic E-state index is 0.129. The second-order valence-electron chi connectivity index (χ2n) is 6.78. The van der Waals surface area contributed by atoms with Crippen LogP contribution in [0.1, 0.15) is 39.2 Å². The van der Waals surface area contributed by atoms with Crippen LogP contribution in [-0.2, 0) is 9.53 Å². The van der Waals surface area contributed by atoms with Crippen LogP contribution in [0.25, 0.3) is 0 Å². The average Bonchev–Trinajstić information content (AvgIpc) is 2.79. The van der Waals surface area contributed by atoms with Crippen molar-refractivity contribution in [3.8, 4) is 0 Å². The van der Waals surface area contributed by atoms with Gasteiger partial charge in [0.25, 0.3) is 11.8 Å². The van der Waals surface area contributed by atoms with E-state index in [4.69, 9.17) is 4.74 Å². The standard InChI is InChI=1S/C24H21FN2O4/c1-16(17-7-3-2-4-8-17)26-23(29)20-9-5-6-10-21(20)27-22(28)15-31-24(30)18-11-13-19(25)14-12-18/h2-14,16H,15H2,1H3,(H,26,29)(H,27,28)/t16-/m1/s1. The Morgan fingerprint density at radius 2 is 1.55 bits per heavy atom. The highest BCUT2D eigenvalue weighted by Gasteiger charge is 2.17. The first kappa shape index (κ1) is 21.7. The van der Waals surface area contributed by atoms with Crippen molar-refractivity contribution in [3.63, 3.8) is 0 Å². The number of hydrogen-bond acceptors (Lipinski definition) is 4. The molecule has 31 heavy (non-hydrogen) atoms. The van der Waals surface area contributed by atoms with E-state index >= 15 is 0 Å². The molecule has 0 saturated heterocycles. The maximum atomic E-state index is 12.9. The Morgan fingerprint density at radius 1 is 0.903 bits per heavy atom. The van der Waals surface area contributed by atoms with E-state index in [2.05, 4.69) is 10.6 Å². The zero-order valence-corrected chi connectivity index (χ0v) is 16.8. The van der Waals surface area contributed by atoms with Crippen molar-refractivity contribution in [2.24, 2.45) is 0 Å². The highest BCUT2D eigenvalue weighted by atomic mass is 19.1. The molecule has 1 atom stereocenters. The Kier molecular flexibility index (Phi) is 7.11. The van der Waals surface area contributed by atoms with Crippen LogP contribution in [0.2, 0.25) is 0 Å². The van der Waals surface area contributed by atoms with E-state index in [-0.39, 0.29) is 23.1 Å². The number of ether oxygens (including phenoxy) is 1. The van der Waals surface area contributed by atoms with Gasteiger partial charge < -0.3 is 15.4 Å². The topological polar surface area (TPSA) is 84.5 Å². The molecule has 0 saturated carbocycles. The molecule has 3 aromatic carbocycles. The van der Waals surface area contributed by atoms with Gasteiger partial charge in [0.1, 0.15) is 5.82 Å². The molecule has 7 heteroatoms. The lowest BCUT2D eigenvalue weighted by atomic mass is 10.1. The zero-order chi connectivity index (χ0) is 22.2. The minimum atomic E-state index is -0.752. The summed E-state index contributed by atoms with van der Waals surface area (Å²) in [4.78, 5) is 36.9. The van der Waals surface area contributed by atoms with E-state index in [0.29, 0.717) is 5.69 Å². The van der Waals surface area contributed by atoms with Crippen LogP contribution >= 0.6 is 0 Å². The first-order valence-electron chi connectivity index (χ1n) is 9.61. The Labute approximate surface area is 179 Å². The van der Waals surface area contributed by atoms with Crippen molar-refractivity contribution in [3.05, 3.63) is 101 Å². The molecule has 0 unspecified atom stereocenters. The largest absolute Gasteiger partial charge is 0.452 e. The Balaban J connectivity index is 1.60. The number of para-hydroxylation sites is 1. The Hall–Kier alpha value is -4.00. The van der Waals surface area contributed by atoms with E-state index in [1.165, 1.54) is 12.1 Å². The van der Waals surface area contributed by atoms with Crippen molar-refractivity contribution in [1.29, 1.82) is 0 Å². The lowest BCUT2D eigenvalue weighted by Gasteiger charge is -2.16. The summed E-state index contributed by atoms with van der Waals surface area (Å²) in [6.07, 6.45) is 0. The number of amides is 2. The molecule has 0 radical (unpaired) electrons. The first-order valence-corrected chi connectivity index (χ1v) is 9.61. The summed E-state index contributed by atoms with van der Waals surface area (Å²) in [5.41, 5.74) is 1.65. The monoisotopic (exact) mass is 420 g/mol. The molecule has 0 fully saturated rings. The highest BCUT2D eigenvalue weighted by molar-refractivity contribution is 6.04. The molecule has 0 aliphatic heterocycles. The molecule has 0 aliphatic carbocycles. The summed E-state index contributed by atoms with van der Waals surface area (Å²) in [5, 5.41) is 5.48. The van der Waals surface area contributed by atoms with Gasteiger partial charge in [-0.3, -0.25) is 9.59 Å². The number of benzene rings is 3. The van der Waals surface area contributed by atoms with Gasteiger partial charge in [0.15, 0.2) is 6.61 Å². The molecule has 3 aromatic rings. The number of carbonyl (C=O) groups is 3. The second-order valence-corrected chi connectivity index (χ2v) is 6.78. The third-order valence-electron chi connectivity index (χ3n) is 4.51. The van der Waals surface area contributed by atoms with Gasteiger partial charge in [0, 0.05) is 0 Å². The van der Waals surface area contributed by atoms with Crippen LogP contribution < -0.4 is 10.6 Å². The molecule has 0 spiro atoms. The summed E-state index contributed by atoms with van der Waals surface area (Å²) >= 11 is 0. The van der Waals surface area contributed by atoms with Gasteiger partial charge in [-0.15, -0.1) is 0 Å². The molecule has 0 bridgehead atoms. The number of carbonyl (C=O) groups excluding carboxylic acids is 3. The molecule has 0 aliphatic rings. The Bertz CT molecular complexity index is 1070. The number of anilines is 1. The van der Waals surface area contributed by atoms with Crippen LogP contribution in [0, 0.1) is 5.82 Å². The number of hydrogen-bond donors (Lipinski definition) is 2. The molecule has 158 valence electrons. The maximum absolute atomic E-state index is 12.9. The zero-order valence-electron chi connectivity index (χ0n) is 16.8. The van der Waals surface area contributed by atoms with Gasteiger partial charge in [-0.05, 0) is 48.9 Å². The average molecular weight is 420 g/mol. The SMILES string of the molecule is C[C@@H](NC(=O)c1ccccc1NC(=O)COC(=O)c1ccc(F)cc1)c1ccccc1. The smallest absolute Gasteiger partial charge is 0.338 e. The van der Waals surface area contributed by atoms with Crippen molar-refractivity contribution < 1.29 is 23.5 Å². The molecule has 0 aromatic heterocycles. The van der Waals surface area contributed by atoms with E-state index in [0.717, 1.165) is 17.7 Å². The van der Waals surface area contributed by atoms with Crippen LogP contribution in [0.5, 0.6) is 0 Å². The highest BCUT2D eigenvalue weighted by Crippen LogP contribution is 2.18. The van der Waals surface area contributed by atoms with Gasteiger partial charge in [-0.2, -0.15) is 0 Å². The molecule has 6 nitrogen and oxygen atoms in total. The van der Waals surface area contributed by atoms with E-state index in [9.17, 15) is 18.8 Å². The van der Waals surface area contributed by atoms with Gasteiger partial charge in [-0.25, -0.2) is 9.18 Å². The van der Waals surface area contributed by atoms with Crippen molar-refractivity contribution in [2.45, 2.75) is 13.0 Å². The van der Waals surface area contributed by atoms with Crippen LogP contribution in [0.3, 0.4) is 0 Å². The number of nitrogens with one attached hydrogen (secondary N) is 2. The third kappa shape index (κ3) is 5.99. The predicted octanol–water partition coefficient (Wildman–Crippen LogP) is 4.11. The van der Waals surface area contributed by atoms with Gasteiger partial charge in [0.05, 0.1) is 22.9 Å². The lowest BCUT2D eigenvalue weighted by Crippen LogP contribution is -2.28.